The van der Waals surface area contributed by atoms with Crippen LogP contribution in [-0.4, -0.2) is 23.1 Å². The van der Waals surface area contributed by atoms with E-state index in [1.807, 2.05) is 30.3 Å². The summed E-state index contributed by atoms with van der Waals surface area (Å²) in [5.74, 6) is 0. The molecule has 0 fully saturated rings. The SMILES string of the molecule is [CH2-]c1ccccc1.[Cl-].[Cr].[Mg+2]. The van der Waals surface area contributed by atoms with Crippen molar-refractivity contribution in [2.45, 2.75) is 0 Å². The molecular weight excluding hydrogens is 196 g/mol. The van der Waals surface area contributed by atoms with Crippen LogP contribution in [0.2, 0.25) is 0 Å². The molecule has 0 aliphatic rings. The first kappa shape index (κ1) is 17.0. The predicted octanol–water partition coefficient (Wildman–Crippen LogP) is -1.51. The van der Waals surface area contributed by atoms with Gasteiger partial charge in [-0.3, -0.25) is 0 Å². The van der Waals surface area contributed by atoms with Crippen molar-refractivity contribution in [1.82, 2.24) is 0 Å². The van der Waals surface area contributed by atoms with Crippen molar-refractivity contribution >= 4 is 23.1 Å². The van der Waals surface area contributed by atoms with Gasteiger partial charge in [0.25, 0.3) is 0 Å². The van der Waals surface area contributed by atoms with E-state index in [1.54, 1.807) is 0 Å². The minimum absolute atomic E-state index is 0. The van der Waals surface area contributed by atoms with E-state index in [0.717, 1.165) is 5.56 Å². The van der Waals surface area contributed by atoms with Crippen LogP contribution in [-0.2, 0) is 17.4 Å². The van der Waals surface area contributed by atoms with Crippen molar-refractivity contribution in [3.8, 4) is 0 Å². The first-order valence-corrected chi connectivity index (χ1v) is 2.26. The van der Waals surface area contributed by atoms with Crippen LogP contribution in [0.1, 0.15) is 5.56 Å². The minimum atomic E-state index is 0. The molecule has 1 aromatic rings. The Kier molecular flexibility index (Phi) is 16.4. The molecule has 0 atom stereocenters. The van der Waals surface area contributed by atoms with Crippen LogP contribution in [0, 0.1) is 6.92 Å². The Balaban J connectivity index is -0.000000163. The molecule has 0 saturated carbocycles. The van der Waals surface area contributed by atoms with E-state index in [4.69, 9.17) is 0 Å². The smallest absolute Gasteiger partial charge is 1.00 e. The molecule has 0 spiro atoms. The van der Waals surface area contributed by atoms with Gasteiger partial charge in [-0.05, 0) is 0 Å². The molecule has 0 unspecified atom stereocenters. The van der Waals surface area contributed by atoms with Gasteiger partial charge in [-0.2, -0.15) is 24.6 Å². The average molecular weight is 203 g/mol. The summed E-state index contributed by atoms with van der Waals surface area (Å²) in [4.78, 5) is 0. The van der Waals surface area contributed by atoms with Crippen molar-refractivity contribution in [1.29, 1.82) is 0 Å². The molecule has 0 amide bonds. The maximum atomic E-state index is 3.72. The van der Waals surface area contributed by atoms with Gasteiger partial charge in [0.2, 0.25) is 0 Å². The van der Waals surface area contributed by atoms with Gasteiger partial charge in [-0.15, -0.1) is 12.1 Å². The predicted molar refractivity (Wildman–Crippen MR) is 36.7 cm³/mol. The summed E-state index contributed by atoms with van der Waals surface area (Å²) in [7, 11) is 0. The second-order valence-corrected chi connectivity index (χ2v) is 1.49. The third-order valence-electron chi connectivity index (χ3n) is 0.843. The summed E-state index contributed by atoms with van der Waals surface area (Å²) in [5, 5.41) is 0. The van der Waals surface area contributed by atoms with E-state index in [0.29, 0.717) is 0 Å². The molecule has 50 valence electrons. The quantitative estimate of drug-likeness (QED) is 0.355. The van der Waals surface area contributed by atoms with Crippen LogP contribution < -0.4 is 12.4 Å². The van der Waals surface area contributed by atoms with Gasteiger partial charge in [0.15, 0.2) is 0 Å². The maximum Gasteiger partial charge on any atom is 2.00 e. The van der Waals surface area contributed by atoms with E-state index >= 15 is 0 Å². The summed E-state index contributed by atoms with van der Waals surface area (Å²) in [6.07, 6.45) is 0. The van der Waals surface area contributed by atoms with Crippen molar-refractivity contribution in [2.24, 2.45) is 0 Å². The van der Waals surface area contributed by atoms with Crippen molar-refractivity contribution < 1.29 is 29.8 Å². The van der Waals surface area contributed by atoms with Gasteiger partial charge in [-0.1, -0.05) is 6.07 Å². The maximum absolute atomic E-state index is 3.72. The molecule has 0 saturated heterocycles. The van der Waals surface area contributed by atoms with Crippen LogP contribution in [0.15, 0.2) is 30.3 Å². The van der Waals surface area contributed by atoms with Crippen LogP contribution in [0.3, 0.4) is 0 Å². The van der Waals surface area contributed by atoms with Gasteiger partial charge in [0, 0.05) is 17.4 Å². The van der Waals surface area contributed by atoms with Gasteiger partial charge in [0.05, 0.1) is 0 Å². The van der Waals surface area contributed by atoms with E-state index in [2.05, 4.69) is 6.92 Å². The number of hydrogen-bond donors (Lipinski definition) is 0. The topological polar surface area (TPSA) is 0 Å². The molecule has 0 radical (unpaired) electrons. The summed E-state index contributed by atoms with van der Waals surface area (Å²) < 4.78 is 0. The van der Waals surface area contributed by atoms with E-state index in [-0.39, 0.29) is 52.8 Å². The summed E-state index contributed by atoms with van der Waals surface area (Å²) in [6.45, 7) is 3.72. The average Bonchev–Trinajstić information content (AvgIpc) is 1.69. The fourth-order valence-electron chi connectivity index (χ4n) is 0.478. The van der Waals surface area contributed by atoms with E-state index in [9.17, 15) is 0 Å². The fourth-order valence-corrected chi connectivity index (χ4v) is 0.478. The largest absolute Gasteiger partial charge is 2.00 e. The van der Waals surface area contributed by atoms with Gasteiger partial charge in [-0.25, -0.2) is 0 Å². The third kappa shape index (κ3) is 6.79. The Labute approximate surface area is 95.1 Å². The van der Waals surface area contributed by atoms with Crippen LogP contribution in [0.5, 0.6) is 0 Å². The first-order valence-electron chi connectivity index (χ1n) is 2.26. The summed E-state index contributed by atoms with van der Waals surface area (Å²) >= 11 is 0. The van der Waals surface area contributed by atoms with Crippen LogP contribution >= 0.6 is 0 Å². The van der Waals surface area contributed by atoms with Crippen LogP contribution in [0.25, 0.3) is 0 Å². The Bertz CT molecular complexity index is 144. The van der Waals surface area contributed by atoms with Crippen molar-refractivity contribution in [2.75, 3.05) is 0 Å². The molecule has 0 aromatic heterocycles. The molecule has 1 aromatic carbocycles. The Hall–Kier alpha value is 0.679. The van der Waals surface area contributed by atoms with Crippen molar-refractivity contribution in [3.63, 3.8) is 0 Å². The molecule has 0 N–H and O–H groups in total. The molecule has 1 rings (SSSR count). The molecule has 3 heteroatoms. The summed E-state index contributed by atoms with van der Waals surface area (Å²) in [6, 6.07) is 9.87. The Morgan fingerprint density at radius 3 is 1.60 bits per heavy atom. The van der Waals surface area contributed by atoms with Gasteiger partial charge in [0.1, 0.15) is 0 Å². The molecule has 0 aliphatic heterocycles. The molecule has 0 nitrogen and oxygen atoms in total. The van der Waals surface area contributed by atoms with Gasteiger partial charge >= 0.3 is 23.1 Å². The minimum Gasteiger partial charge on any atom is -1.00 e. The molecular formula is C7H7ClCrMg. The standard InChI is InChI=1S/C7H7.ClH.Cr.Mg/c1-7-5-3-2-4-6-7;;;/h2-6H,1H2;1H;;/q-1;;;+2/p-1. The number of halogens is 1. The number of hydrogen-bond acceptors (Lipinski definition) is 0. The molecule has 0 aliphatic carbocycles. The second kappa shape index (κ2) is 9.68. The zero-order chi connectivity index (χ0) is 5.11. The van der Waals surface area contributed by atoms with Gasteiger partial charge < -0.3 is 12.4 Å². The van der Waals surface area contributed by atoms with Crippen LogP contribution in [0.4, 0.5) is 0 Å². The number of rotatable bonds is 0. The van der Waals surface area contributed by atoms with Crippen molar-refractivity contribution in [3.05, 3.63) is 42.8 Å². The van der Waals surface area contributed by atoms with E-state index in [1.165, 1.54) is 0 Å². The molecule has 0 heterocycles. The zero-order valence-corrected chi connectivity index (χ0v) is 9.03. The first-order chi connectivity index (χ1) is 3.39. The molecule has 0 bridgehead atoms. The molecule has 10 heavy (non-hydrogen) atoms. The summed E-state index contributed by atoms with van der Waals surface area (Å²) in [5.41, 5.74) is 1.07. The fraction of sp³-hybridized carbons (Fsp3) is 0. The number of benzene rings is 1. The van der Waals surface area contributed by atoms with E-state index < -0.39 is 0 Å². The second-order valence-electron chi connectivity index (χ2n) is 1.49. The zero-order valence-electron chi connectivity index (χ0n) is 5.59. The monoisotopic (exact) mass is 202 g/mol. The normalized spacial score (nSPS) is 6.00. The Morgan fingerprint density at radius 1 is 1.00 bits per heavy atom. The Morgan fingerprint density at radius 2 is 1.40 bits per heavy atom. The third-order valence-corrected chi connectivity index (χ3v) is 0.843.